The molecule has 7 nitrogen and oxygen atoms in total. The number of amides is 3. The summed E-state index contributed by atoms with van der Waals surface area (Å²) in [5.41, 5.74) is 1.85. The van der Waals surface area contributed by atoms with Gasteiger partial charge >= 0.3 is 0 Å². The summed E-state index contributed by atoms with van der Waals surface area (Å²) in [6.45, 7) is 5.54. The molecule has 0 aliphatic carbocycles. The molecule has 1 fully saturated rings. The zero-order chi connectivity index (χ0) is 21.0. The van der Waals surface area contributed by atoms with Gasteiger partial charge in [-0.1, -0.05) is 18.2 Å². The Kier molecular flexibility index (Phi) is 6.16. The highest BCUT2D eigenvalue weighted by atomic mass is 16.5. The lowest BCUT2D eigenvalue weighted by atomic mass is 10.1. The predicted molar refractivity (Wildman–Crippen MR) is 112 cm³/mol. The van der Waals surface area contributed by atoms with Gasteiger partial charge in [-0.3, -0.25) is 14.4 Å². The molecule has 0 radical (unpaired) electrons. The van der Waals surface area contributed by atoms with Crippen molar-refractivity contribution >= 4 is 34.8 Å². The summed E-state index contributed by atoms with van der Waals surface area (Å²) in [6, 6.07) is 14.3. The predicted octanol–water partition coefficient (Wildman–Crippen LogP) is 3.42. The second-order valence-electron chi connectivity index (χ2n) is 7.29. The number of nitrogens with zero attached hydrogens (tertiary/aromatic N) is 1. The Morgan fingerprint density at radius 1 is 1.10 bits per heavy atom. The average molecular weight is 395 g/mol. The maximum Gasteiger partial charge on any atom is 0.229 e. The molecule has 1 saturated heterocycles. The summed E-state index contributed by atoms with van der Waals surface area (Å²) < 4.78 is 5.74. The van der Waals surface area contributed by atoms with Crippen molar-refractivity contribution in [1.29, 1.82) is 0 Å². The van der Waals surface area contributed by atoms with Crippen LogP contribution in [0.4, 0.5) is 17.1 Å². The Morgan fingerprint density at radius 2 is 1.86 bits per heavy atom. The molecule has 2 N–H and O–H groups in total. The number of carbonyl (C=O) groups is 3. The zero-order valence-electron chi connectivity index (χ0n) is 16.8. The molecule has 3 amide bonds. The Morgan fingerprint density at radius 3 is 2.59 bits per heavy atom. The fourth-order valence-corrected chi connectivity index (χ4v) is 3.25. The van der Waals surface area contributed by atoms with Crippen molar-refractivity contribution in [3.05, 3.63) is 48.5 Å². The lowest BCUT2D eigenvalue weighted by Gasteiger charge is -2.18. The van der Waals surface area contributed by atoms with Gasteiger partial charge in [0.1, 0.15) is 5.75 Å². The van der Waals surface area contributed by atoms with Crippen molar-refractivity contribution in [2.45, 2.75) is 33.3 Å². The molecule has 0 aromatic heterocycles. The monoisotopic (exact) mass is 395 g/mol. The van der Waals surface area contributed by atoms with Gasteiger partial charge < -0.3 is 20.3 Å². The minimum absolute atomic E-state index is 0.0208. The van der Waals surface area contributed by atoms with E-state index in [0.29, 0.717) is 22.8 Å². The molecule has 0 bridgehead atoms. The van der Waals surface area contributed by atoms with E-state index in [2.05, 4.69) is 10.6 Å². The van der Waals surface area contributed by atoms with Crippen molar-refractivity contribution in [1.82, 2.24) is 0 Å². The molecule has 0 saturated carbocycles. The van der Waals surface area contributed by atoms with E-state index in [1.165, 1.54) is 6.92 Å². The molecule has 3 rings (SSSR count). The number of hydrogen-bond acceptors (Lipinski definition) is 4. The van der Waals surface area contributed by atoms with Crippen LogP contribution in [0.1, 0.15) is 27.2 Å². The minimum atomic E-state index is -0.473. The van der Waals surface area contributed by atoms with Crippen LogP contribution < -0.4 is 20.3 Å². The van der Waals surface area contributed by atoms with E-state index in [1.807, 2.05) is 26.0 Å². The summed E-state index contributed by atoms with van der Waals surface area (Å²) in [5, 5.41) is 5.59. The number of carbonyl (C=O) groups excluding carboxylic acids is 3. The van der Waals surface area contributed by atoms with Crippen LogP contribution in [0, 0.1) is 5.92 Å². The second-order valence-corrected chi connectivity index (χ2v) is 7.29. The van der Waals surface area contributed by atoms with Crippen LogP contribution in [-0.2, 0) is 14.4 Å². The Hall–Kier alpha value is -3.35. The molecule has 2 aromatic rings. The number of anilines is 3. The normalized spacial score (nSPS) is 16.1. The van der Waals surface area contributed by atoms with Crippen molar-refractivity contribution < 1.29 is 19.1 Å². The van der Waals surface area contributed by atoms with Gasteiger partial charge in [-0.2, -0.15) is 0 Å². The lowest BCUT2D eigenvalue weighted by Crippen LogP contribution is -2.28. The van der Waals surface area contributed by atoms with Crippen molar-refractivity contribution in [2.75, 3.05) is 22.1 Å². The first-order chi connectivity index (χ1) is 13.8. The molecule has 0 spiro atoms. The molecule has 1 aliphatic rings. The van der Waals surface area contributed by atoms with Crippen LogP contribution in [0.15, 0.2) is 48.5 Å². The molecule has 29 heavy (non-hydrogen) atoms. The van der Waals surface area contributed by atoms with Crippen LogP contribution in [0.25, 0.3) is 0 Å². The van der Waals surface area contributed by atoms with E-state index >= 15 is 0 Å². The van der Waals surface area contributed by atoms with E-state index in [-0.39, 0.29) is 36.8 Å². The number of para-hydroxylation sites is 2. The van der Waals surface area contributed by atoms with E-state index in [0.717, 1.165) is 0 Å². The first-order valence-corrected chi connectivity index (χ1v) is 9.58. The van der Waals surface area contributed by atoms with Crippen LogP contribution in [0.3, 0.4) is 0 Å². The lowest BCUT2D eigenvalue weighted by molar-refractivity contribution is -0.122. The van der Waals surface area contributed by atoms with Crippen molar-refractivity contribution in [3.8, 4) is 5.75 Å². The third-order valence-electron chi connectivity index (χ3n) is 4.48. The molecular formula is C22H25N3O4. The fourth-order valence-electron chi connectivity index (χ4n) is 3.25. The first-order valence-electron chi connectivity index (χ1n) is 9.58. The third-order valence-corrected chi connectivity index (χ3v) is 4.48. The number of ether oxygens (including phenoxy) is 1. The maximum atomic E-state index is 12.8. The van der Waals surface area contributed by atoms with Gasteiger partial charge in [-0.05, 0) is 44.2 Å². The van der Waals surface area contributed by atoms with E-state index in [1.54, 1.807) is 41.3 Å². The number of benzene rings is 2. The van der Waals surface area contributed by atoms with Gasteiger partial charge in [-0.25, -0.2) is 0 Å². The zero-order valence-corrected chi connectivity index (χ0v) is 16.8. The largest absolute Gasteiger partial charge is 0.489 e. The molecule has 1 heterocycles. The average Bonchev–Trinajstić information content (AvgIpc) is 3.04. The van der Waals surface area contributed by atoms with Crippen LogP contribution >= 0.6 is 0 Å². The third kappa shape index (κ3) is 5.13. The second kappa shape index (κ2) is 8.77. The highest BCUT2D eigenvalue weighted by Gasteiger charge is 2.35. The quantitative estimate of drug-likeness (QED) is 0.784. The molecule has 7 heteroatoms. The van der Waals surface area contributed by atoms with Gasteiger partial charge in [0.25, 0.3) is 0 Å². The molecule has 1 unspecified atom stereocenters. The molecule has 2 aromatic carbocycles. The van der Waals surface area contributed by atoms with E-state index in [4.69, 9.17) is 4.74 Å². The number of rotatable bonds is 6. The van der Waals surface area contributed by atoms with Gasteiger partial charge in [0.15, 0.2) is 0 Å². The van der Waals surface area contributed by atoms with Gasteiger partial charge in [0, 0.05) is 31.3 Å². The smallest absolute Gasteiger partial charge is 0.229 e. The summed E-state index contributed by atoms with van der Waals surface area (Å²) in [5.74, 6) is -0.413. The van der Waals surface area contributed by atoms with Crippen LogP contribution in [0.2, 0.25) is 0 Å². The number of nitrogens with one attached hydrogen (secondary N) is 2. The Balaban J connectivity index is 1.71. The topological polar surface area (TPSA) is 87.7 Å². The number of hydrogen-bond donors (Lipinski definition) is 2. The summed E-state index contributed by atoms with van der Waals surface area (Å²) in [4.78, 5) is 38.1. The van der Waals surface area contributed by atoms with Crippen molar-refractivity contribution in [2.24, 2.45) is 5.92 Å². The highest BCUT2D eigenvalue weighted by molar-refractivity contribution is 6.04. The Labute approximate surface area is 170 Å². The SMILES string of the molecule is CC(=O)Nc1cccc(N2CC(C(=O)Nc3ccccc3OC(C)C)CC2=O)c1. The fraction of sp³-hybridized carbons (Fsp3) is 0.318. The van der Waals surface area contributed by atoms with Gasteiger partial charge in [-0.15, -0.1) is 0 Å². The minimum Gasteiger partial charge on any atom is -0.489 e. The molecule has 1 atom stereocenters. The van der Waals surface area contributed by atoms with Crippen LogP contribution in [0.5, 0.6) is 5.75 Å². The molecule has 152 valence electrons. The molecule has 1 aliphatic heterocycles. The summed E-state index contributed by atoms with van der Waals surface area (Å²) in [6.07, 6.45) is 0.108. The standard InChI is InChI=1S/C22H25N3O4/c1-14(2)29-20-10-5-4-9-19(20)24-22(28)16-11-21(27)25(13-16)18-8-6-7-17(12-18)23-15(3)26/h4-10,12,14,16H,11,13H2,1-3H3,(H,23,26)(H,24,28). The van der Waals surface area contributed by atoms with E-state index in [9.17, 15) is 14.4 Å². The Bertz CT molecular complexity index is 926. The summed E-state index contributed by atoms with van der Waals surface area (Å²) >= 11 is 0. The summed E-state index contributed by atoms with van der Waals surface area (Å²) in [7, 11) is 0. The van der Waals surface area contributed by atoms with Crippen molar-refractivity contribution in [3.63, 3.8) is 0 Å². The van der Waals surface area contributed by atoms with E-state index < -0.39 is 5.92 Å². The first kappa shape index (κ1) is 20.4. The van der Waals surface area contributed by atoms with Gasteiger partial charge in [0.05, 0.1) is 17.7 Å². The van der Waals surface area contributed by atoms with Crippen LogP contribution in [-0.4, -0.2) is 30.4 Å². The maximum absolute atomic E-state index is 12.8. The molecular weight excluding hydrogens is 370 g/mol. The van der Waals surface area contributed by atoms with Gasteiger partial charge in [0.2, 0.25) is 17.7 Å². The highest BCUT2D eigenvalue weighted by Crippen LogP contribution is 2.30.